The van der Waals surface area contributed by atoms with Crippen molar-refractivity contribution in [3.63, 3.8) is 0 Å². The molecule has 2 aromatic carbocycles. The Bertz CT molecular complexity index is 994. The fraction of sp³-hybridized carbons (Fsp3) is 0.0952. The van der Waals surface area contributed by atoms with Gasteiger partial charge in [0.05, 0.1) is 27.7 Å². The van der Waals surface area contributed by atoms with Crippen molar-refractivity contribution in [1.29, 1.82) is 0 Å². The summed E-state index contributed by atoms with van der Waals surface area (Å²) in [5.41, 5.74) is 3.31. The molecule has 0 bridgehead atoms. The highest BCUT2D eigenvalue weighted by Crippen LogP contribution is 2.22. The lowest BCUT2D eigenvalue weighted by Gasteiger charge is -2.06. The van der Waals surface area contributed by atoms with Gasteiger partial charge in [0.2, 0.25) is 11.2 Å². The second-order valence-corrected chi connectivity index (χ2v) is 6.63. The van der Waals surface area contributed by atoms with E-state index in [0.717, 1.165) is 17.1 Å². The van der Waals surface area contributed by atoms with Gasteiger partial charge in [0.25, 0.3) is 0 Å². The number of hydrogen-bond acceptors (Lipinski definition) is 6. The van der Waals surface area contributed by atoms with Gasteiger partial charge >= 0.3 is 0 Å². The summed E-state index contributed by atoms with van der Waals surface area (Å²) in [5, 5.41) is 4.47. The van der Waals surface area contributed by atoms with Gasteiger partial charge in [0.15, 0.2) is 0 Å². The molecule has 1 heterocycles. The van der Waals surface area contributed by atoms with Gasteiger partial charge in [-0.2, -0.15) is 18.5 Å². The zero-order valence-electron chi connectivity index (χ0n) is 16.0. The molecule has 0 spiro atoms. The van der Waals surface area contributed by atoms with Gasteiger partial charge in [0.1, 0.15) is 12.8 Å². The van der Waals surface area contributed by atoms with Crippen LogP contribution in [0.15, 0.2) is 79.0 Å². The molecule has 29 heavy (non-hydrogen) atoms. The largest absolute Gasteiger partial charge is 0.495 e. The first-order valence-electron chi connectivity index (χ1n) is 8.53. The molecule has 2 N–H and O–H groups in total. The maximum absolute atomic E-state index is 8.60. The van der Waals surface area contributed by atoms with Gasteiger partial charge < -0.3 is 10.1 Å². The molecular formula is C21H22ClN2O5+. The highest BCUT2D eigenvalue weighted by Gasteiger charge is 2.07. The maximum atomic E-state index is 8.60. The molecule has 7 nitrogen and oxygen atoms in total. The molecule has 0 aliphatic heterocycles. The van der Waals surface area contributed by atoms with E-state index in [1.54, 1.807) is 7.11 Å². The molecule has 152 valence electrons. The van der Waals surface area contributed by atoms with Crippen LogP contribution in [0.3, 0.4) is 0 Å². The number of aromatic nitrogens is 1. The zero-order valence-corrected chi connectivity index (χ0v) is 16.7. The van der Waals surface area contributed by atoms with Crippen molar-refractivity contribution in [2.75, 3.05) is 12.4 Å². The number of methoxy groups -OCH3 is 1. The van der Waals surface area contributed by atoms with Gasteiger partial charge in [-0.15, -0.1) is 0 Å². The number of halogens is 1. The Labute approximate surface area is 171 Å². The Morgan fingerprint density at radius 3 is 2.34 bits per heavy atom. The number of nitrogens with one attached hydrogen (secondary N) is 1. The van der Waals surface area contributed by atoms with Crippen molar-refractivity contribution in [3.8, 4) is 5.75 Å². The number of fused-ring (bicyclic) bond motifs is 1. The van der Waals surface area contributed by atoms with Crippen LogP contribution >= 0.6 is 0 Å². The molecule has 0 atom stereocenters. The van der Waals surface area contributed by atoms with Crippen LogP contribution in [0.2, 0.25) is 0 Å². The van der Waals surface area contributed by atoms with E-state index in [2.05, 4.69) is 59.4 Å². The fourth-order valence-electron chi connectivity index (χ4n) is 2.64. The van der Waals surface area contributed by atoms with Crippen LogP contribution < -0.4 is 28.6 Å². The van der Waals surface area contributed by atoms with Crippen LogP contribution in [-0.4, -0.2) is 11.8 Å². The molecule has 0 saturated heterocycles. The summed E-state index contributed by atoms with van der Waals surface area (Å²) in [6.07, 6.45) is 7.98. The Morgan fingerprint density at radius 1 is 0.966 bits per heavy atom. The summed E-state index contributed by atoms with van der Waals surface area (Å²) in [7, 11) is -0.942. The van der Waals surface area contributed by atoms with Crippen LogP contribution in [-0.2, 0) is 7.05 Å². The Morgan fingerprint density at radius 2 is 1.62 bits per heavy atom. The molecule has 0 aliphatic carbocycles. The number of hydrogen-bond donors (Lipinski definition) is 2. The molecule has 1 aromatic heterocycles. The molecule has 3 rings (SSSR count). The number of pyridine rings is 1. The number of para-hydroxylation sites is 3. The summed E-state index contributed by atoms with van der Waals surface area (Å²) in [6.45, 7) is 0. The van der Waals surface area contributed by atoms with E-state index in [4.69, 9.17) is 23.4 Å². The van der Waals surface area contributed by atoms with Crippen LogP contribution in [0.5, 0.6) is 5.75 Å². The molecule has 0 amide bonds. The number of benzene rings is 2. The first-order valence-corrected chi connectivity index (χ1v) is 9.80. The van der Waals surface area contributed by atoms with E-state index < -0.39 is 10.2 Å². The van der Waals surface area contributed by atoms with Crippen molar-refractivity contribution in [2.45, 2.75) is 0 Å². The Kier molecular flexibility index (Phi) is 8.14. The summed E-state index contributed by atoms with van der Waals surface area (Å²) < 4.78 is 40.2. The summed E-state index contributed by atoms with van der Waals surface area (Å²) in [4.78, 5) is 0. The summed E-state index contributed by atoms with van der Waals surface area (Å²) in [5.74, 6) is 0.826. The van der Waals surface area contributed by atoms with E-state index in [0.29, 0.717) is 0 Å². The molecule has 3 aromatic rings. The van der Waals surface area contributed by atoms with E-state index >= 15 is 0 Å². The third-order valence-corrected chi connectivity index (χ3v) is 3.94. The average molecular weight is 418 g/mol. The third-order valence-electron chi connectivity index (χ3n) is 3.94. The Hall–Kier alpha value is -2.94. The third kappa shape index (κ3) is 7.53. The lowest BCUT2D eigenvalue weighted by molar-refractivity contribution is -1.92. The predicted octanol–water partition coefficient (Wildman–Crippen LogP) is 0.188. The second kappa shape index (κ2) is 10.6. The van der Waals surface area contributed by atoms with Gasteiger partial charge in [-0.25, -0.2) is 0 Å². The molecule has 0 unspecified atom stereocenters. The lowest BCUT2D eigenvalue weighted by Crippen LogP contribution is -2.58. The van der Waals surface area contributed by atoms with Crippen molar-refractivity contribution in [2.24, 2.45) is 7.05 Å². The fourth-order valence-corrected chi connectivity index (χ4v) is 2.64. The lowest BCUT2D eigenvalue weighted by atomic mass is 10.2. The molecule has 0 fully saturated rings. The predicted molar refractivity (Wildman–Crippen MR) is 102 cm³/mol. The quantitative estimate of drug-likeness (QED) is 0.452. The normalized spacial score (nSPS) is 11.5. The maximum Gasteiger partial charge on any atom is 0.212 e. The van der Waals surface area contributed by atoms with Gasteiger partial charge in [0, 0.05) is 29.8 Å². The first kappa shape index (κ1) is 22.4. The zero-order chi connectivity index (χ0) is 21.3. The minimum atomic E-state index is -4.69. The van der Waals surface area contributed by atoms with E-state index in [-0.39, 0.29) is 0 Å². The van der Waals surface area contributed by atoms with Crippen LogP contribution in [0, 0.1) is 10.2 Å². The van der Waals surface area contributed by atoms with Crippen molar-refractivity contribution >= 4 is 22.7 Å². The molecule has 0 saturated carbocycles. The highest BCUT2D eigenvalue weighted by atomic mass is 35.7. The van der Waals surface area contributed by atoms with Gasteiger partial charge in [-0.05, 0) is 30.3 Å². The minimum absolute atomic E-state index is 0.826. The average Bonchev–Trinajstić information content (AvgIpc) is 2.68. The number of rotatable bonds is 5. The molecule has 0 radical (unpaired) electrons. The number of aryl methyl sites for hydroxylation is 1. The molecular weight excluding hydrogens is 396 g/mol. The van der Waals surface area contributed by atoms with Gasteiger partial charge in [-0.3, -0.25) is 0 Å². The smallest absolute Gasteiger partial charge is 0.212 e. The van der Waals surface area contributed by atoms with E-state index in [1.165, 1.54) is 10.9 Å². The van der Waals surface area contributed by atoms with Crippen molar-refractivity contribution in [1.82, 2.24) is 0 Å². The summed E-state index contributed by atoms with van der Waals surface area (Å²) in [6, 6.07) is 20.5. The number of nitrogens with zero attached hydrogens (tertiary/aromatic N) is 1. The van der Waals surface area contributed by atoms with E-state index in [1.807, 2.05) is 42.6 Å². The number of allylic oxidation sites excluding steroid dienone is 2. The monoisotopic (exact) mass is 417 g/mol. The minimum Gasteiger partial charge on any atom is -0.495 e. The second-order valence-electron chi connectivity index (χ2n) is 5.83. The highest BCUT2D eigenvalue weighted by molar-refractivity contribution is 5.76. The topological polar surface area (TPSA) is 115 Å². The SMILES string of the molecule is COc1ccccc1N/C=C/C=C/c1ccc2ccccc2[n+]1C.[O-][Cl+3]([O-])([O-])O. The number of ether oxygens (including phenoxy) is 1. The van der Waals surface area contributed by atoms with Crippen molar-refractivity contribution in [3.05, 3.63) is 84.7 Å². The Balaban J connectivity index is 0.000000537. The molecule has 8 heteroatoms. The van der Waals surface area contributed by atoms with Gasteiger partial charge in [-0.1, -0.05) is 30.3 Å². The summed E-state index contributed by atoms with van der Waals surface area (Å²) >= 11 is 0. The van der Waals surface area contributed by atoms with Crippen LogP contribution in [0.4, 0.5) is 5.69 Å². The number of anilines is 1. The van der Waals surface area contributed by atoms with Crippen LogP contribution in [0.1, 0.15) is 5.69 Å². The van der Waals surface area contributed by atoms with Crippen molar-refractivity contribution < 1.29 is 38.2 Å². The standard InChI is InChI=1S/C21H20N2O.ClHO4/c1-23-18(15-14-17-9-3-5-12-20(17)23)10-7-8-16-22-19-11-4-6-13-21(19)24-2;2-1(3,4)5/h3-16H,1-2H3;(H,2,3,4,5)/p+1. The first-order chi connectivity index (χ1) is 13.8. The van der Waals surface area contributed by atoms with Crippen LogP contribution in [0.25, 0.3) is 17.0 Å². The van der Waals surface area contributed by atoms with E-state index in [9.17, 15) is 0 Å². The molecule has 0 aliphatic rings.